The number of ether oxygens (including phenoxy) is 1. The number of carbonyl (C=O) groups excluding carboxylic acids is 3. The minimum Gasteiger partial charge on any atom is -0.465 e. The van der Waals surface area contributed by atoms with E-state index >= 15 is 0 Å². The van der Waals surface area contributed by atoms with E-state index < -0.39 is 11.2 Å². The van der Waals surface area contributed by atoms with Crippen LogP contribution in [0.1, 0.15) is 58.8 Å². The van der Waals surface area contributed by atoms with Crippen molar-refractivity contribution in [2.75, 3.05) is 22.6 Å². The number of thiophene rings is 1. The molecule has 10 heteroatoms. The van der Waals surface area contributed by atoms with Crippen LogP contribution in [0.3, 0.4) is 0 Å². The summed E-state index contributed by atoms with van der Waals surface area (Å²) in [6.07, 6.45) is 10.9. The zero-order chi connectivity index (χ0) is 35.7. The minimum absolute atomic E-state index is 0.115. The number of allylic oxidation sites excluding steroid dienone is 2. The van der Waals surface area contributed by atoms with Gasteiger partial charge in [0.2, 0.25) is 5.91 Å². The number of urea groups is 1. The largest absolute Gasteiger partial charge is 0.465 e. The molecular formula is C41H41N3O4S3. The summed E-state index contributed by atoms with van der Waals surface area (Å²) in [5.41, 5.74) is 3.95. The van der Waals surface area contributed by atoms with E-state index in [9.17, 15) is 14.4 Å². The number of nitrogens with one attached hydrogen (secondary N) is 2. The molecule has 0 spiro atoms. The predicted molar refractivity (Wildman–Crippen MR) is 210 cm³/mol. The van der Waals surface area contributed by atoms with Gasteiger partial charge < -0.3 is 15.4 Å². The maximum absolute atomic E-state index is 14.3. The monoisotopic (exact) mass is 735 g/mol. The Morgan fingerprint density at radius 1 is 0.941 bits per heavy atom. The van der Waals surface area contributed by atoms with E-state index in [1.807, 2.05) is 89.8 Å². The number of carbonyl (C=O) groups is 3. The molecule has 0 saturated carbocycles. The van der Waals surface area contributed by atoms with Crippen LogP contribution in [0.4, 0.5) is 21.2 Å². The number of fused-ring (bicyclic) bond motifs is 3. The fraction of sp³-hybridized carbons (Fsp3) is 0.293. The van der Waals surface area contributed by atoms with Crippen molar-refractivity contribution in [3.8, 4) is 0 Å². The van der Waals surface area contributed by atoms with Crippen molar-refractivity contribution in [2.24, 2.45) is 11.3 Å². The number of methoxy groups -OCH3 is 1. The molecule has 1 aliphatic heterocycles. The molecule has 3 aromatic carbocycles. The zero-order valence-corrected chi connectivity index (χ0v) is 31.5. The first kappa shape index (κ1) is 35.2. The number of thioether (sulfide) groups is 2. The average molecular weight is 736 g/mol. The van der Waals surface area contributed by atoms with Crippen LogP contribution in [0.5, 0.6) is 0 Å². The molecule has 0 saturated heterocycles. The highest BCUT2D eigenvalue weighted by atomic mass is 32.2. The Balaban J connectivity index is 1.14. The number of hydrogen-bond donors (Lipinski definition) is 2. The number of benzene rings is 3. The number of anilines is 3. The molecule has 4 unspecified atom stereocenters. The van der Waals surface area contributed by atoms with E-state index in [4.69, 9.17) is 4.74 Å². The fourth-order valence-corrected chi connectivity index (χ4v) is 10.7. The van der Waals surface area contributed by atoms with Crippen LogP contribution < -0.4 is 15.5 Å². The highest BCUT2D eigenvalue weighted by Crippen LogP contribution is 2.46. The molecule has 3 amide bonds. The van der Waals surface area contributed by atoms with Gasteiger partial charge in [0.25, 0.3) is 0 Å². The van der Waals surface area contributed by atoms with Crippen molar-refractivity contribution < 1.29 is 19.1 Å². The summed E-state index contributed by atoms with van der Waals surface area (Å²) in [5, 5.41) is 6.31. The van der Waals surface area contributed by atoms with Gasteiger partial charge in [-0.2, -0.15) is 0 Å². The lowest BCUT2D eigenvalue weighted by molar-refractivity contribution is -0.115. The second kappa shape index (κ2) is 14.8. The summed E-state index contributed by atoms with van der Waals surface area (Å²) in [6, 6.07) is 24.9. The van der Waals surface area contributed by atoms with Gasteiger partial charge in [-0.25, -0.2) is 9.59 Å². The van der Waals surface area contributed by atoms with E-state index in [1.165, 1.54) is 30.2 Å². The van der Waals surface area contributed by atoms with E-state index in [-0.39, 0.29) is 28.6 Å². The van der Waals surface area contributed by atoms with Crippen molar-refractivity contribution in [2.45, 2.75) is 66.4 Å². The van der Waals surface area contributed by atoms with Crippen molar-refractivity contribution in [1.29, 1.82) is 0 Å². The van der Waals surface area contributed by atoms with Gasteiger partial charge in [-0.15, -0.1) is 34.9 Å². The van der Waals surface area contributed by atoms with Gasteiger partial charge in [0, 0.05) is 20.4 Å². The number of amides is 3. The second-order valence-electron chi connectivity index (χ2n) is 14.0. The van der Waals surface area contributed by atoms with E-state index in [0.717, 1.165) is 50.7 Å². The third-order valence-electron chi connectivity index (χ3n) is 9.76. The topological polar surface area (TPSA) is 87.7 Å². The first-order valence-electron chi connectivity index (χ1n) is 17.2. The molecule has 2 heterocycles. The van der Waals surface area contributed by atoms with E-state index in [2.05, 4.69) is 49.6 Å². The molecule has 4 aromatic rings. The van der Waals surface area contributed by atoms with Crippen LogP contribution in [0.15, 0.2) is 113 Å². The Kier molecular flexibility index (Phi) is 10.2. The summed E-state index contributed by atoms with van der Waals surface area (Å²) in [5.74, 6) is -0.174. The van der Waals surface area contributed by atoms with Gasteiger partial charge in [0.15, 0.2) is 0 Å². The third kappa shape index (κ3) is 7.40. The van der Waals surface area contributed by atoms with Crippen LogP contribution in [0.2, 0.25) is 0 Å². The standard InChI is InChI=1S/C41H41N3O4S3/c1-41(2,3)26-21-22-29-34(23-26)51-38(35(29)39(46)48-4)43-37(45)36(25-13-6-5-7-14-25)49-28-16-12-15-27(24-28)42-40(47)44-30-17-8-10-19-32(30)50-33-20-11-9-18-31(33)44/h5-20,24,26,30,32,36H,21-23H2,1-4H3,(H,42,47)(H,43,45). The summed E-state index contributed by atoms with van der Waals surface area (Å²) in [4.78, 5) is 46.2. The van der Waals surface area contributed by atoms with Gasteiger partial charge in [-0.3, -0.25) is 9.69 Å². The molecule has 7 rings (SSSR count). The van der Waals surface area contributed by atoms with Crippen LogP contribution in [0, 0.1) is 11.3 Å². The maximum Gasteiger partial charge on any atom is 0.341 e. The maximum atomic E-state index is 14.3. The molecule has 3 aliphatic rings. The van der Waals surface area contributed by atoms with Crippen LogP contribution in [0.25, 0.3) is 0 Å². The lowest BCUT2D eigenvalue weighted by Crippen LogP contribution is -2.49. The molecule has 4 atom stereocenters. The molecule has 262 valence electrons. The Morgan fingerprint density at radius 3 is 2.49 bits per heavy atom. The second-order valence-corrected chi connectivity index (χ2v) is 17.5. The predicted octanol–water partition coefficient (Wildman–Crippen LogP) is 10.2. The normalized spacial score (nSPS) is 19.7. The quantitative estimate of drug-likeness (QED) is 0.145. The molecule has 0 bridgehead atoms. The summed E-state index contributed by atoms with van der Waals surface area (Å²) in [6.45, 7) is 6.78. The molecule has 0 radical (unpaired) electrons. The lowest BCUT2D eigenvalue weighted by Gasteiger charge is -2.40. The number of para-hydroxylation sites is 1. The Morgan fingerprint density at radius 2 is 1.71 bits per heavy atom. The van der Waals surface area contributed by atoms with Crippen LogP contribution >= 0.6 is 34.9 Å². The number of rotatable bonds is 7. The highest BCUT2D eigenvalue weighted by Gasteiger charge is 2.37. The van der Waals surface area contributed by atoms with Gasteiger partial charge in [0.1, 0.15) is 10.3 Å². The number of nitrogens with zero attached hydrogens (tertiary/aromatic N) is 1. The van der Waals surface area contributed by atoms with Crippen LogP contribution in [-0.4, -0.2) is 36.3 Å². The Labute approximate surface area is 311 Å². The van der Waals surface area contributed by atoms with E-state index in [1.54, 1.807) is 11.8 Å². The first-order valence-corrected chi connectivity index (χ1v) is 19.7. The lowest BCUT2D eigenvalue weighted by atomic mass is 9.72. The van der Waals surface area contributed by atoms with Gasteiger partial charge in [-0.05, 0) is 72.1 Å². The van der Waals surface area contributed by atoms with E-state index in [0.29, 0.717) is 22.2 Å². The Bertz CT molecular complexity index is 2020. The molecule has 0 fully saturated rings. The minimum atomic E-state index is -0.630. The van der Waals surface area contributed by atoms with Crippen molar-refractivity contribution in [1.82, 2.24) is 0 Å². The molecule has 2 N–H and O–H groups in total. The molecule has 1 aromatic heterocycles. The summed E-state index contributed by atoms with van der Waals surface area (Å²) in [7, 11) is 1.39. The van der Waals surface area contributed by atoms with Gasteiger partial charge in [-0.1, -0.05) is 93.6 Å². The highest BCUT2D eigenvalue weighted by molar-refractivity contribution is 8.00. The Hall–Kier alpha value is -4.25. The molecule has 7 nitrogen and oxygen atoms in total. The van der Waals surface area contributed by atoms with Crippen LogP contribution in [-0.2, 0) is 22.4 Å². The summed E-state index contributed by atoms with van der Waals surface area (Å²) < 4.78 is 5.22. The molecule has 51 heavy (non-hydrogen) atoms. The smallest absolute Gasteiger partial charge is 0.341 e. The SMILES string of the molecule is COC(=O)c1c(NC(=O)C(Sc2cccc(NC(=O)N3c4ccccc4SC4C=CC=CC43)c2)c2ccccc2)sc2c1CCC(C(C)(C)C)C2. The molecule has 2 aliphatic carbocycles. The van der Waals surface area contributed by atoms with Gasteiger partial charge in [0.05, 0.1) is 29.7 Å². The first-order chi connectivity index (χ1) is 24.6. The third-order valence-corrected chi connectivity index (χ3v) is 13.5. The zero-order valence-electron chi connectivity index (χ0n) is 29.1. The number of hydrogen-bond acceptors (Lipinski definition) is 7. The average Bonchev–Trinajstić information content (AvgIpc) is 3.49. The summed E-state index contributed by atoms with van der Waals surface area (Å²) >= 11 is 4.66. The van der Waals surface area contributed by atoms with Crippen molar-refractivity contribution in [3.05, 3.63) is 125 Å². The van der Waals surface area contributed by atoms with Gasteiger partial charge >= 0.3 is 12.0 Å². The van der Waals surface area contributed by atoms with Crippen molar-refractivity contribution >= 4 is 69.1 Å². The van der Waals surface area contributed by atoms with Crippen molar-refractivity contribution in [3.63, 3.8) is 0 Å². The number of esters is 1. The molecular weight excluding hydrogens is 695 g/mol. The fourth-order valence-electron chi connectivity index (χ4n) is 7.00.